The fraction of sp³-hybridized carbons (Fsp3) is 0.292. The molecule has 6 heteroatoms. The van der Waals surface area contributed by atoms with Crippen LogP contribution in [-0.2, 0) is 11.3 Å². The number of rotatable bonds is 6. The summed E-state index contributed by atoms with van der Waals surface area (Å²) in [5, 5.41) is 4.72. The van der Waals surface area contributed by atoms with Crippen molar-refractivity contribution in [2.24, 2.45) is 0 Å². The number of ether oxygens (including phenoxy) is 1. The van der Waals surface area contributed by atoms with Crippen molar-refractivity contribution in [3.63, 3.8) is 0 Å². The minimum absolute atomic E-state index is 0.147. The van der Waals surface area contributed by atoms with E-state index in [1.807, 2.05) is 29.7 Å². The van der Waals surface area contributed by atoms with Crippen LogP contribution in [0.15, 0.2) is 54.1 Å². The van der Waals surface area contributed by atoms with Gasteiger partial charge in [0.1, 0.15) is 11.6 Å². The first kappa shape index (κ1) is 22.0. The minimum atomic E-state index is -0.264. The van der Waals surface area contributed by atoms with Crippen LogP contribution in [0.3, 0.4) is 0 Å². The van der Waals surface area contributed by atoms with E-state index in [2.05, 4.69) is 30.6 Å². The first-order valence-electron chi connectivity index (χ1n) is 10.0. The molecule has 1 N–H and O–H groups in total. The smallest absolute Gasteiger partial charge is 0.262 e. The lowest BCUT2D eigenvalue weighted by molar-refractivity contribution is 0.0961. The average Bonchev–Trinajstić information content (AvgIpc) is 3.24. The first-order valence-corrected chi connectivity index (χ1v) is 10.9. The average molecular weight is 427 g/mol. The van der Waals surface area contributed by atoms with Crippen LogP contribution < -0.4 is 5.32 Å². The van der Waals surface area contributed by atoms with Crippen molar-refractivity contribution in [2.75, 3.05) is 26.7 Å². The summed E-state index contributed by atoms with van der Waals surface area (Å²) in [6, 6.07) is 7.11. The maximum atomic E-state index is 15.0. The zero-order chi connectivity index (χ0) is 21.7. The van der Waals surface area contributed by atoms with Gasteiger partial charge in [0.15, 0.2) is 0 Å². The monoisotopic (exact) mass is 426 g/mol. The van der Waals surface area contributed by atoms with Crippen LogP contribution in [0.1, 0.15) is 40.2 Å². The molecule has 0 fully saturated rings. The molecule has 2 aromatic rings. The van der Waals surface area contributed by atoms with Gasteiger partial charge in [-0.3, -0.25) is 9.69 Å². The van der Waals surface area contributed by atoms with Crippen LogP contribution in [0.5, 0.6) is 0 Å². The highest BCUT2D eigenvalue weighted by molar-refractivity contribution is 7.12. The van der Waals surface area contributed by atoms with E-state index in [4.69, 9.17) is 4.74 Å². The zero-order valence-electron chi connectivity index (χ0n) is 17.6. The van der Waals surface area contributed by atoms with E-state index in [9.17, 15) is 4.79 Å². The Kier molecular flexibility index (Phi) is 7.24. The van der Waals surface area contributed by atoms with E-state index < -0.39 is 0 Å². The number of thiophene rings is 1. The van der Waals surface area contributed by atoms with Crippen molar-refractivity contribution in [3.8, 4) is 0 Å². The number of nitrogens with zero attached hydrogens (tertiary/aromatic N) is 1. The Morgan fingerprint density at radius 3 is 2.70 bits per heavy atom. The molecule has 4 nitrogen and oxygen atoms in total. The lowest BCUT2D eigenvalue weighted by Gasteiger charge is -2.20. The third kappa shape index (κ3) is 4.55. The Morgan fingerprint density at radius 2 is 2.03 bits per heavy atom. The number of allylic oxidation sites excluding steroid dienone is 3. The largest absolute Gasteiger partial charge is 0.496 e. The van der Waals surface area contributed by atoms with Crippen LogP contribution >= 0.6 is 11.3 Å². The fourth-order valence-electron chi connectivity index (χ4n) is 3.49. The van der Waals surface area contributed by atoms with Gasteiger partial charge in [0.25, 0.3) is 5.91 Å². The van der Waals surface area contributed by atoms with Crippen LogP contribution in [-0.4, -0.2) is 37.6 Å². The molecule has 1 aromatic heterocycles. The highest BCUT2D eigenvalue weighted by Gasteiger charge is 2.22. The summed E-state index contributed by atoms with van der Waals surface area (Å²) in [6.45, 7) is 11.0. The SMILES string of the molecule is C=C1/C(c2ccc(CN(CC)CC)c(F)c2)=C(OC)\C=C/CNC(=O)c2sccc21. The maximum Gasteiger partial charge on any atom is 0.262 e. The quantitative estimate of drug-likeness (QED) is 0.699. The van der Waals surface area contributed by atoms with Crippen LogP contribution in [0, 0.1) is 5.82 Å². The van der Waals surface area contributed by atoms with Crippen LogP contribution in [0.25, 0.3) is 11.1 Å². The molecule has 3 rings (SSSR count). The summed E-state index contributed by atoms with van der Waals surface area (Å²) in [5.74, 6) is 0.162. The van der Waals surface area contributed by atoms with Gasteiger partial charge in [0.2, 0.25) is 0 Å². The van der Waals surface area contributed by atoms with Gasteiger partial charge in [-0.2, -0.15) is 0 Å². The zero-order valence-corrected chi connectivity index (χ0v) is 18.4. The first-order chi connectivity index (χ1) is 14.5. The van der Waals surface area contributed by atoms with Crippen LogP contribution in [0.2, 0.25) is 0 Å². The number of carbonyl (C=O) groups is 1. The van der Waals surface area contributed by atoms with E-state index in [1.54, 1.807) is 13.2 Å². The topological polar surface area (TPSA) is 41.6 Å². The number of amides is 1. The number of benzene rings is 1. The predicted molar refractivity (Wildman–Crippen MR) is 122 cm³/mol. The number of halogens is 1. The summed E-state index contributed by atoms with van der Waals surface area (Å²) in [5.41, 5.74) is 3.35. The molecule has 0 aliphatic carbocycles. The number of hydrogen-bond acceptors (Lipinski definition) is 4. The van der Waals surface area contributed by atoms with Gasteiger partial charge in [0.05, 0.1) is 12.0 Å². The summed E-state index contributed by atoms with van der Waals surface area (Å²) in [6.07, 6.45) is 3.60. The van der Waals surface area contributed by atoms with E-state index in [-0.39, 0.29) is 11.7 Å². The van der Waals surface area contributed by atoms with Gasteiger partial charge in [-0.05, 0) is 47.8 Å². The van der Waals surface area contributed by atoms with Crippen LogP contribution in [0.4, 0.5) is 4.39 Å². The van der Waals surface area contributed by atoms with Gasteiger partial charge in [-0.1, -0.05) is 38.6 Å². The molecule has 0 bridgehead atoms. The van der Waals surface area contributed by atoms with E-state index in [0.717, 1.165) is 18.7 Å². The molecule has 0 radical (unpaired) electrons. The standard InChI is InChI=1S/C24H27FN2O2S/c1-5-27(6-2)15-18-10-9-17(14-20(18)25)22-16(3)19-11-13-30-23(19)24(28)26-12-7-8-21(22)29-4/h7-11,13-14H,3,5-6,12,15H2,1-2,4H3,(H,26,28)/b8-7-,22-21-. The molecule has 0 unspecified atom stereocenters. The van der Waals surface area contributed by atoms with E-state index >= 15 is 4.39 Å². The third-order valence-electron chi connectivity index (χ3n) is 5.24. The van der Waals surface area contributed by atoms with Gasteiger partial charge in [-0.15, -0.1) is 11.3 Å². The fourth-order valence-corrected chi connectivity index (χ4v) is 4.33. The molecule has 1 amide bonds. The number of nitrogens with one attached hydrogen (secondary N) is 1. The molecule has 2 heterocycles. The molecule has 0 atom stereocenters. The number of methoxy groups -OCH3 is 1. The second-order valence-electron chi connectivity index (χ2n) is 6.97. The lowest BCUT2D eigenvalue weighted by Crippen LogP contribution is -2.23. The predicted octanol–water partition coefficient (Wildman–Crippen LogP) is 5.10. The highest BCUT2D eigenvalue weighted by atomic mass is 32.1. The summed E-state index contributed by atoms with van der Waals surface area (Å²) in [4.78, 5) is 15.2. The number of hydrogen-bond donors (Lipinski definition) is 1. The van der Waals surface area contributed by atoms with Gasteiger partial charge < -0.3 is 10.1 Å². The molecule has 0 spiro atoms. The van der Waals surface area contributed by atoms with Crippen molar-refractivity contribution >= 4 is 28.4 Å². The highest BCUT2D eigenvalue weighted by Crippen LogP contribution is 2.37. The summed E-state index contributed by atoms with van der Waals surface area (Å²) < 4.78 is 20.7. The van der Waals surface area contributed by atoms with E-state index in [1.165, 1.54) is 17.4 Å². The molecule has 0 saturated carbocycles. The number of carbonyl (C=O) groups excluding carboxylic acids is 1. The van der Waals surface area contributed by atoms with Crippen molar-refractivity contribution < 1.29 is 13.9 Å². The Bertz CT molecular complexity index is 1000. The molecular weight excluding hydrogens is 399 g/mol. The maximum absolute atomic E-state index is 15.0. The molecule has 30 heavy (non-hydrogen) atoms. The Labute approximate surface area is 181 Å². The summed E-state index contributed by atoms with van der Waals surface area (Å²) in [7, 11) is 1.58. The molecule has 1 aromatic carbocycles. The van der Waals surface area contributed by atoms with Gasteiger partial charge >= 0.3 is 0 Å². The Morgan fingerprint density at radius 1 is 1.27 bits per heavy atom. The molecular formula is C24H27FN2O2S. The normalized spacial score (nSPS) is 18.2. The molecule has 1 aliphatic heterocycles. The Hall–Kier alpha value is -2.70. The molecule has 1 aliphatic rings. The second kappa shape index (κ2) is 9.87. The molecule has 0 saturated heterocycles. The third-order valence-corrected chi connectivity index (χ3v) is 6.16. The second-order valence-corrected chi connectivity index (χ2v) is 7.88. The van der Waals surface area contributed by atoms with Crippen molar-refractivity contribution in [1.29, 1.82) is 0 Å². The van der Waals surface area contributed by atoms with Crippen molar-refractivity contribution in [3.05, 3.63) is 81.5 Å². The number of fused-ring (bicyclic) bond motifs is 1. The minimum Gasteiger partial charge on any atom is -0.496 e. The summed E-state index contributed by atoms with van der Waals surface area (Å²) >= 11 is 1.36. The van der Waals surface area contributed by atoms with Crippen molar-refractivity contribution in [2.45, 2.75) is 20.4 Å². The van der Waals surface area contributed by atoms with Gasteiger partial charge in [-0.25, -0.2) is 4.39 Å². The molecule has 158 valence electrons. The van der Waals surface area contributed by atoms with Gasteiger partial charge in [0, 0.05) is 29.8 Å². The van der Waals surface area contributed by atoms with E-state index in [0.29, 0.717) is 46.0 Å². The van der Waals surface area contributed by atoms with Crippen molar-refractivity contribution in [1.82, 2.24) is 10.2 Å². The lowest BCUT2D eigenvalue weighted by atomic mass is 9.91. The Balaban J connectivity index is 2.10.